The number of allylic oxidation sites excluding steroid dienone is 2. The van der Waals surface area contributed by atoms with Crippen LogP contribution >= 0.6 is 7.75 Å². The van der Waals surface area contributed by atoms with Crippen LogP contribution in [0.4, 0.5) is 14.5 Å². The van der Waals surface area contributed by atoms with Gasteiger partial charge < -0.3 is 24.1 Å². The summed E-state index contributed by atoms with van der Waals surface area (Å²) in [6, 6.07) is 19.8. The van der Waals surface area contributed by atoms with Crippen LogP contribution < -0.4 is 10.3 Å². The highest BCUT2D eigenvalue weighted by Gasteiger charge is 2.43. The average Bonchev–Trinajstić information content (AvgIpc) is 3.94. The maximum atomic E-state index is 17.8. The molecular formula is C45H46F2N7O6P. The van der Waals surface area contributed by atoms with Crippen LogP contribution in [0, 0.1) is 11.7 Å². The van der Waals surface area contributed by atoms with Gasteiger partial charge in [-0.3, -0.25) is 18.5 Å². The Morgan fingerprint density at radius 2 is 1.70 bits per heavy atom. The Labute approximate surface area is 351 Å². The lowest BCUT2D eigenvalue weighted by molar-refractivity contribution is 0.0524. The molecule has 16 heteroatoms. The molecule has 0 bridgehead atoms. The number of carbonyl (C=O) groups is 1. The molecular weight excluding hydrogens is 804 g/mol. The van der Waals surface area contributed by atoms with Crippen molar-refractivity contribution in [1.82, 2.24) is 29.1 Å². The molecule has 13 nitrogen and oxygen atoms in total. The van der Waals surface area contributed by atoms with E-state index < -0.39 is 30.8 Å². The van der Waals surface area contributed by atoms with Gasteiger partial charge in [0.15, 0.2) is 5.82 Å². The summed E-state index contributed by atoms with van der Waals surface area (Å²) in [5.41, 5.74) is 2.23. The van der Waals surface area contributed by atoms with Crippen LogP contribution in [0.15, 0.2) is 109 Å². The summed E-state index contributed by atoms with van der Waals surface area (Å²) in [6.45, 7) is 7.13. The third-order valence-electron chi connectivity index (χ3n) is 11.3. The highest BCUT2D eigenvalue weighted by Crippen LogP contribution is 2.56. The number of aryl methyl sites for hydroxylation is 1. The number of pyridine rings is 3. The van der Waals surface area contributed by atoms with Gasteiger partial charge in [-0.05, 0) is 49.6 Å². The quantitative estimate of drug-likeness (QED) is 0.0646. The number of benzene rings is 2. The molecule has 2 aromatic carbocycles. The molecule has 0 saturated carbocycles. The third kappa shape index (κ3) is 8.14. The number of hydrogen-bond donors (Lipinski definition) is 1. The zero-order chi connectivity index (χ0) is 43.0. The number of aromatic nitrogens is 4. The first-order chi connectivity index (χ1) is 29.4. The topological polar surface area (TPSA) is 135 Å². The van der Waals surface area contributed by atoms with Gasteiger partial charge in [-0.1, -0.05) is 67.2 Å². The summed E-state index contributed by atoms with van der Waals surface area (Å²) in [7, 11) is 0.740. The SMILES string of the molecule is C=C(F)/C=C(\c1[nH]c2ncc(-c3cnc4c(c3)c(=O)c(C(=O)OCC)cn4C)c(N3CC[C@@H]4CN(C)CC43)c2c1F)N(C)P(=O)(OCc1ccccc1)OCc1ccccc1. The summed E-state index contributed by atoms with van der Waals surface area (Å²) in [5.74, 6) is -2.17. The van der Waals surface area contributed by atoms with Gasteiger partial charge >= 0.3 is 13.7 Å². The molecule has 2 fully saturated rings. The Kier molecular flexibility index (Phi) is 11.7. The van der Waals surface area contributed by atoms with Gasteiger partial charge in [0.2, 0.25) is 5.43 Å². The van der Waals surface area contributed by atoms with Crippen LogP contribution in [0.2, 0.25) is 0 Å². The van der Waals surface area contributed by atoms with Crippen molar-refractivity contribution in [3.05, 3.63) is 142 Å². The molecule has 1 N–H and O–H groups in total. The smallest absolute Gasteiger partial charge is 0.435 e. The second-order valence-electron chi connectivity index (χ2n) is 15.4. The van der Waals surface area contributed by atoms with Gasteiger partial charge in [-0.15, -0.1) is 0 Å². The van der Waals surface area contributed by atoms with Gasteiger partial charge in [0.05, 0.1) is 42.0 Å². The van der Waals surface area contributed by atoms with E-state index in [-0.39, 0.29) is 59.2 Å². The number of nitrogens with one attached hydrogen (secondary N) is 1. The van der Waals surface area contributed by atoms with Gasteiger partial charge in [0.1, 0.15) is 28.4 Å². The lowest BCUT2D eigenvalue weighted by Crippen LogP contribution is -2.35. The van der Waals surface area contributed by atoms with Crippen molar-refractivity contribution in [1.29, 1.82) is 0 Å². The number of anilines is 1. The van der Waals surface area contributed by atoms with E-state index in [1.807, 2.05) is 43.4 Å². The zero-order valence-corrected chi connectivity index (χ0v) is 35.2. The number of fused-ring (bicyclic) bond motifs is 3. The molecule has 0 amide bonds. The zero-order valence-electron chi connectivity index (χ0n) is 34.3. The van der Waals surface area contributed by atoms with E-state index in [4.69, 9.17) is 13.8 Å². The van der Waals surface area contributed by atoms with Crippen LogP contribution in [-0.2, 0) is 38.6 Å². The van der Waals surface area contributed by atoms with Crippen LogP contribution in [-0.4, -0.2) is 81.4 Å². The first-order valence-electron chi connectivity index (χ1n) is 20.0. The number of H-pyrrole nitrogens is 1. The molecule has 316 valence electrons. The van der Waals surface area contributed by atoms with Gasteiger partial charge in [-0.2, -0.15) is 0 Å². The standard InChI is InChI=1S/C45H46F2N7O6P/c1-6-58-45(56)35-24-52(4)44-33(42(35)55)20-32(21-49-44)34-22-48-43-38(41(34)54-18-17-31-23-51(3)25-37(31)54)39(47)40(50-43)36(19-28(2)46)53(5)61(57,59-26-29-13-9-7-10-14-29)60-27-30-15-11-8-12-16-30/h7-16,19-22,24,31,37H,2,6,17-18,23,25-27H2,1,3-5H3,(H,48,50)/b36-19+/t31-,37?/m1/s1. The molecule has 6 aromatic rings. The summed E-state index contributed by atoms with van der Waals surface area (Å²) >= 11 is 0. The Morgan fingerprint density at radius 3 is 2.34 bits per heavy atom. The average molecular weight is 850 g/mol. The van der Waals surface area contributed by atoms with Crippen molar-refractivity contribution >= 4 is 47.2 Å². The number of carbonyl (C=O) groups excluding carboxylic acids is 1. The fourth-order valence-corrected chi connectivity index (χ4v) is 9.85. The molecule has 8 rings (SSSR count). The fraction of sp³-hybridized carbons (Fsp3) is 0.289. The molecule has 61 heavy (non-hydrogen) atoms. The van der Waals surface area contributed by atoms with Crippen molar-refractivity contribution in [3.63, 3.8) is 0 Å². The molecule has 0 spiro atoms. The first-order valence-corrected chi connectivity index (χ1v) is 21.5. The lowest BCUT2D eigenvalue weighted by Gasteiger charge is -2.30. The number of aromatic amines is 1. The van der Waals surface area contributed by atoms with Gasteiger partial charge in [-0.25, -0.2) is 28.1 Å². The summed E-state index contributed by atoms with van der Waals surface area (Å²) in [4.78, 5) is 43.4. The van der Waals surface area contributed by atoms with E-state index in [9.17, 15) is 14.2 Å². The monoisotopic (exact) mass is 849 g/mol. The number of halogens is 2. The molecule has 0 radical (unpaired) electrons. The van der Waals surface area contributed by atoms with Crippen LogP contribution in [0.5, 0.6) is 0 Å². The molecule has 4 aromatic heterocycles. The summed E-state index contributed by atoms with van der Waals surface area (Å²) in [5, 5.41) is 0.270. The number of esters is 1. The van der Waals surface area contributed by atoms with Crippen molar-refractivity contribution in [3.8, 4) is 11.1 Å². The molecule has 2 atom stereocenters. The molecule has 1 unspecified atom stereocenters. The molecule has 0 aliphatic carbocycles. The number of nitrogens with zero attached hydrogens (tertiary/aromatic N) is 6. The van der Waals surface area contributed by atoms with Crippen molar-refractivity contribution < 1.29 is 31.9 Å². The third-order valence-corrected chi connectivity index (χ3v) is 13.2. The van der Waals surface area contributed by atoms with E-state index in [1.54, 1.807) is 61.3 Å². The Morgan fingerprint density at radius 1 is 1.03 bits per heavy atom. The minimum atomic E-state index is -4.38. The second kappa shape index (κ2) is 17.2. The number of rotatable bonds is 14. The number of likely N-dealkylation sites (N-methyl/N-ethyl adjacent to an activating group) is 1. The molecule has 2 saturated heterocycles. The Hall–Kier alpha value is -5.99. The van der Waals surface area contributed by atoms with E-state index in [1.165, 1.54) is 13.2 Å². The van der Waals surface area contributed by atoms with Crippen LogP contribution in [0.1, 0.15) is 40.5 Å². The van der Waals surface area contributed by atoms with Gasteiger partial charge in [0.25, 0.3) is 0 Å². The molecule has 2 aliphatic heterocycles. The minimum absolute atomic E-state index is 0.0186. The first kappa shape index (κ1) is 41.7. The number of likely N-dealkylation sites (tertiary alicyclic amines) is 1. The number of ether oxygens (including phenoxy) is 1. The second-order valence-corrected chi connectivity index (χ2v) is 17.4. The van der Waals surface area contributed by atoms with E-state index in [2.05, 4.69) is 31.3 Å². The maximum absolute atomic E-state index is 17.8. The normalized spacial score (nSPS) is 17.0. The predicted molar refractivity (Wildman–Crippen MR) is 231 cm³/mol. The highest BCUT2D eigenvalue weighted by molar-refractivity contribution is 7.51. The molecule has 6 heterocycles. The van der Waals surface area contributed by atoms with Crippen LogP contribution in [0.25, 0.3) is 38.9 Å². The highest BCUT2D eigenvalue weighted by atomic mass is 31.2. The van der Waals surface area contributed by atoms with E-state index in [0.29, 0.717) is 46.1 Å². The van der Waals surface area contributed by atoms with E-state index in [0.717, 1.165) is 30.3 Å². The van der Waals surface area contributed by atoms with Crippen LogP contribution in [0.3, 0.4) is 0 Å². The summed E-state index contributed by atoms with van der Waals surface area (Å²) in [6.07, 6.45) is 6.41. The van der Waals surface area contributed by atoms with E-state index >= 15 is 8.78 Å². The Balaban J connectivity index is 1.28. The fourth-order valence-electron chi connectivity index (χ4n) is 8.38. The largest absolute Gasteiger partial charge is 0.462 e. The Bertz CT molecular complexity index is 2730. The minimum Gasteiger partial charge on any atom is -0.462 e. The molecule has 2 aliphatic rings. The lowest BCUT2D eigenvalue weighted by atomic mass is 10.0. The maximum Gasteiger partial charge on any atom is 0.435 e. The van der Waals surface area contributed by atoms with Gasteiger partial charge in [0, 0.05) is 69.5 Å². The predicted octanol–water partition coefficient (Wildman–Crippen LogP) is 8.23. The summed E-state index contributed by atoms with van der Waals surface area (Å²) < 4.78 is 67.8. The van der Waals surface area contributed by atoms with Crippen molar-refractivity contribution in [2.45, 2.75) is 32.6 Å². The number of hydrogen-bond acceptors (Lipinski definition) is 10. The van der Waals surface area contributed by atoms with Crippen molar-refractivity contribution in [2.75, 3.05) is 45.2 Å². The van der Waals surface area contributed by atoms with Crippen molar-refractivity contribution in [2.24, 2.45) is 13.0 Å².